The highest BCUT2D eigenvalue weighted by molar-refractivity contribution is 9.10. The summed E-state index contributed by atoms with van der Waals surface area (Å²) in [6.07, 6.45) is -0.395. The van der Waals surface area contributed by atoms with Crippen molar-refractivity contribution in [2.75, 3.05) is 19.6 Å². The number of rotatable bonds is 2. The Hall–Kier alpha value is -2.16. The summed E-state index contributed by atoms with van der Waals surface area (Å²) in [5, 5.41) is 10.8. The zero-order chi connectivity index (χ0) is 19.6. The zero-order valence-corrected chi connectivity index (χ0v) is 16.8. The van der Waals surface area contributed by atoms with Crippen molar-refractivity contribution in [2.45, 2.75) is 39.3 Å². The van der Waals surface area contributed by atoms with Crippen LogP contribution in [0.25, 0.3) is 0 Å². The molecule has 8 nitrogen and oxygen atoms in total. The van der Waals surface area contributed by atoms with Crippen LogP contribution in [0.4, 0.5) is 10.5 Å². The van der Waals surface area contributed by atoms with Crippen LogP contribution in [0.1, 0.15) is 38.1 Å². The molecular formula is C17H22BrN3O5. The summed E-state index contributed by atoms with van der Waals surface area (Å²) in [5.74, 6) is -0.233. The molecule has 0 bridgehead atoms. The molecule has 1 aromatic carbocycles. The van der Waals surface area contributed by atoms with E-state index < -0.39 is 16.6 Å². The largest absolute Gasteiger partial charge is 0.444 e. The van der Waals surface area contributed by atoms with Gasteiger partial charge in [0.15, 0.2) is 0 Å². The van der Waals surface area contributed by atoms with E-state index >= 15 is 0 Å². The van der Waals surface area contributed by atoms with Crippen molar-refractivity contribution in [2.24, 2.45) is 0 Å². The molecule has 0 spiro atoms. The molecule has 1 saturated heterocycles. The number of nitrogens with zero attached hydrogens (tertiary/aromatic N) is 3. The molecule has 1 atom stereocenters. The zero-order valence-electron chi connectivity index (χ0n) is 15.2. The molecule has 2 amide bonds. The number of halogens is 1. The molecule has 0 aliphatic carbocycles. The van der Waals surface area contributed by atoms with E-state index in [0.717, 1.165) is 0 Å². The molecule has 0 radical (unpaired) electrons. The minimum absolute atomic E-state index is 0.0868. The van der Waals surface area contributed by atoms with Crippen molar-refractivity contribution in [3.05, 3.63) is 38.3 Å². The van der Waals surface area contributed by atoms with E-state index in [0.29, 0.717) is 29.7 Å². The molecule has 0 saturated carbocycles. The van der Waals surface area contributed by atoms with Crippen molar-refractivity contribution in [3.63, 3.8) is 0 Å². The third-order valence-corrected chi connectivity index (χ3v) is 4.59. The van der Waals surface area contributed by atoms with Crippen molar-refractivity contribution in [1.82, 2.24) is 9.80 Å². The lowest BCUT2D eigenvalue weighted by molar-refractivity contribution is -0.384. The predicted octanol–water partition coefficient (Wildman–Crippen LogP) is 3.44. The summed E-state index contributed by atoms with van der Waals surface area (Å²) >= 11 is 3.23. The van der Waals surface area contributed by atoms with Gasteiger partial charge >= 0.3 is 6.09 Å². The predicted molar refractivity (Wildman–Crippen MR) is 99.1 cm³/mol. The van der Waals surface area contributed by atoms with Crippen molar-refractivity contribution >= 4 is 33.6 Å². The number of nitro benzene ring substituents is 1. The molecule has 1 heterocycles. The quantitative estimate of drug-likeness (QED) is 0.532. The Balaban J connectivity index is 2.08. The Kier molecular flexibility index (Phi) is 5.90. The SMILES string of the molecule is C[C@@H]1CN(C(=O)OC(C)(C)C)CCN1C(=O)c1ccc([N+](=O)[O-])cc1Br. The molecule has 0 aromatic heterocycles. The average molecular weight is 428 g/mol. The minimum Gasteiger partial charge on any atom is -0.444 e. The van der Waals surface area contributed by atoms with Crippen molar-refractivity contribution in [1.29, 1.82) is 0 Å². The maximum atomic E-state index is 12.8. The summed E-state index contributed by atoms with van der Waals surface area (Å²) in [5.41, 5.74) is -0.305. The molecule has 26 heavy (non-hydrogen) atoms. The minimum atomic E-state index is -0.573. The number of carbonyl (C=O) groups is 2. The lowest BCUT2D eigenvalue weighted by atomic mass is 10.1. The van der Waals surface area contributed by atoms with E-state index in [1.165, 1.54) is 18.2 Å². The first kappa shape index (κ1) is 20.2. The van der Waals surface area contributed by atoms with Gasteiger partial charge in [-0.25, -0.2) is 4.79 Å². The number of hydrogen-bond donors (Lipinski definition) is 0. The van der Waals surface area contributed by atoms with E-state index in [1.807, 2.05) is 6.92 Å². The van der Waals surface area contributed by atoms with Gasteiger partial charge in [0.25, 0.3) is 11.6 Å². The lowest BCUT2D eigenvalue weighted by Gasteiger charge is -2.40. The first-order valence-electron chi connectivity index (χ1n) is 8.22. The van der Waals surface area contributed by atoms with E-state index in [2.05, 4.69) is 15.9 Å². The molecule has 9 heteroatoms. The number of piperazine rings is 1. The van der Waals surface area contributed by atoms with E-state index in [1.54, 1.807) is 30.6 Å². The number of nitro groups is 1. The normalized spacial score (nSPS) is 17.8. The second-order valence-corrected chi connectivity index (χ2v) is 8.05. The summed E-state index contributed by atoms with van der Waals surface area (Å²) in [4.78, 5) is 38.6. The second-order valence-electron chi connectivity index (χ2n) is 7.20. The smallest absolute Gasteiger partial charge is 0.410 e. The second kappa shape index (κ2) is 7.61. The van der Waals surface area contributed by atoms with Crippen LogP contribution >= 0.6 is 15.9 Å². The maximum absolute atomic E-state index is 12.8. The monoisotopic (exact) mass is 427 g/mol. The Bertz CT molecular complexity index is 732. The highest BCUT2D eigenvalue weighted by atomic mass is 79.9. The highest BCUT2D eigenvalue weighted by Gasteiger charge is 2.33. The lowest BCUT2D eigenvalue weighted by Crippen LogP contribution is -2.56. The first-order chi connectivity index (χ1) is 12.0. The number of non-ortho nitro benzene ring substituents is 1. The molecule has 0 N–H and O–H groups in total. The third-order valence-electron chi connectivity index (χ3n) is 3.93. The molecular weight excluding hydrogens is 406 g/mol. The Labute approximate surface area is 160 Å². The molecule has 1 aliphatic rings. The van der Waals surface area contributed by atoms with Gasteiger partial charge in [-0.15, -0.1) is 0 Å². The topological polar surface area (TPSA) is 93.0 Å². The van der Waals surface area contributed by atoms with Crippen LogP contribution in [0.2, 0.25) is 0 Å². The molecule has 1 aliphatic heterocycles. The molecule has 142 valence electrons. The molecule has 0 unspecified atom stereocenters. The summed E-state index contributed by atoms with van der Waals surface area (Å²) in [7, 11) is 0. The summed E-state index contributed by atoms with van der Waals surface area (Å²) < 4.78 is 5.75. The van der Waals surface area contributed by atoms with Crippen LogP contribution in [-0.2, 0) is 4.74 Å². The fourth-order valence-electron chi connectivity index (χ4n) is 2.70. The van der Waals surface area contributed by atoms with Gasteiger partial charge < -0.3 is 14.5 Å². The van der Waals surface area contributed by atoms with Gasteiger partial charge in [0.2, 0.25) is 0 Å². The Morgan fingerprint density at radius 3 is 2.46 bits per heavy atom. The number of hydrogen-bond acceptors (Lipinski definition) is 5. The van der Waals surface area contributed by atoms with Crippen LogP contribution in [0.15, 0.2) is 22.7 Å². The average Bonchev–Trinajstić information content (AvgIpc) is 2.52. The molecule has 1 aromatic rings. The van der Waals surface area contributed by atoms with Gasteiger partial charge in [-0.1, -0.05) is 0 Å². The number of amides is 2. The standard InChI is InChI=1S/C17H22BrN3O5/c1-11-10-19(16(23)26-17(2,3)4)7-8-20(11)15(22)13-6-5-12(21(24)25)9-14(13)18/h5-6,9,11H,7-8,10H2,1-4H3/t11-/m1/s1. The fraction of sp³-hybridized carbons (Fsp3) is 0.529. The van der Waals surface area contributed by atoms with E-state index in [4.69, 9.17) is 4.74 Å². The summed E-state index contributed by atoms with van der Waals surface area (Å²) in [6, 6.07) is 3.86. The van der Waals surface area contributed by atoms with E-state index in [9.17, 15) is 19.7 Å². The van der Waals surface area contributed by atoms with Crippen molar-refractivity contribution < 1.29 is 19.2 Å². The number of benzene rings is 1. The van der Waals surface area contributed by atoms with Crippen LogP contribution < -0.4 is 0 Å². The van der Waals surface area contributed by atoms with Gasteiger partial charge in [0, 0.05) is 42.3 Å². The first-order valence-corrected chi connectivity index (χ1v) is 9.01. The Morgan fingerprint density at radius 2 is 1.96 bits per heavy atom. The van der Waals surface area contributed by atoms with Gasteiger partial charge in [0.05, 0.1) is 10.5 Å². The molecule has 2 rings (SSSR count). The van der Waals surface area contributed by atoms with Crippen LogP contribution in [0.5, 0.6) is 0 Å². The van der Waals surface area contributed by atoms with Crippen LogP contribution in [0, 0.1) is 10.1 Å². The number of ether oxygens (including phenoxy) is 1. The van der Waals surface area contributed by atoms with Gasteiger partial charge in [-0.2, -0.15) is 0 Å². The van der Waals surface area contributed by atoms with Crippen LogP contribution in [-0.4, -0.2) is 58.0 Å². The van der Waals surface area contributed by atoms with Crippen molar-refractivity contribution in [3.8, 4) is 0 Å². The highest BCUT2D eigenvalue weighted by Crippen LogP contribution is 2.26. The van der Waals surface area contributed by atoms with E-state index in [-0.39, 0.29) is 17.6 Å². The van der Waals surface area contributed by atoms with Crippen LogP contribution in [0.3, 0.4) is 0 Å². The Morgan fingerprint density at radius 1 is 1.31 bits per heavy atom. The van der Waals surface area contributed by atoms with Gasteiger partial charge in [-0.3, -0.25) is 14.9 Å². The van der Waals surface area contributed by atoms with Gasteiger partial charge in [-0.05, 0) is 49.7 Å². The van der Waals surface area contributed by atoms with Gasteiger partial charge in [0.1, 0.15) is 5.60 Å². The maximum Gasteiger partial charge on any atom is 0.410 e. The third kappa shape index (κ3) is 4.72. The molecule has 1 fully saturated rings. The fourth-order valence-corrected chi connectivity index (χ4v) is 3.23. The number of carbonyl (C=O) groups excluding carboxylic acids is 2. The summed E-state index contributed by atoms with van der Waals surface area (Å²) in [6.45, 7) is 8.37.